The Morgan fingerprint density at radius 2 is 2.11 bits per heavy atom. The topological polar surface area (TPSA) is 86.0 Å². The van der Waals surface area contributed by atoms with Crippen molar-refractivity contribution >= 4 is 29.2 Å². The molecule has 2 rings (SSSR count). The fourth-order valence-electron chi connectivity index (χ4n) is 1.46. The number of benzene rings is 1. The molecule has 0 aliphatic carbocycles. The first kappa shape index (κ1) is 13.4. The second-order valence-corrected chi connectivity index (χ2v) is 4.25. The van der Waals surface area contributed by atoms with Crippen LogP contribution in [0.1, 0.15) is 12.5 Å². The number of nitrogens with zero attached hydrogens (tertiary/aromatic N) is 3. The Morgan fingerprint density at radius 1 is 1.32 bits per heavy atom. The van der Waals surface area contributed by atoms with Gasteiger partial charge in [0.2, 0.25) is 11.9 Å². The van der Waals surface area contributed by atoms with E-state index >= 15 is 0 Å². The molecule has 1 aromatic carbocycles. The van der Waals surface area contributed by atoms with Gasteiger partial charge in [0.05, 0.1) is 17.3 Å². The summed E-state index contributed by atoms with van der Waals surface area (Å²) in [4.78, 5) is 11.9. The van der Waals surface area contributed by atoms with Gasteiger partial charge in [0.1, 0.15) is 0 Å². The van der Waals surface area contributed by atoms with Crippen LogP contribution in [0.2, 0.25) is 5.02 Å². The van der Waals surface area contributed by atoms with E-state index in [0.29, 0.717) is 23.3 Å². The largest absolute Gasteiger partial charge is 0.464 e. The first-order valence-electron chi connectivity index (χ1n) is 5.76. The molecular weight excluding hydrogens is 266 g/mol. The summed E-state index contributed by atoms with van der Waals surface area (Å²) in [7, 11) is 0. The molecule has 0 saturated carbocycles. The van der Waals surface area contributed by atoms with Crippen LogP contribution in [-0.4, -0.2) is 21.6 Å². The minimum atomic E-state index is 0.0872. The van der Waals surface area contributed by atoms with Crippen molar-refractivity contribution in [2.45, 2.75) is 13.8 Å². The summed E-state index contributed by atoms with van der Waals surface area (Å²) < 4.78 is 5.20. The van der Waals surface area contributed by atoms with Gasteiger partial charge in [0, 0.05) is 0 Å². The van der Waals surface area contributed by atoms with Crippen LogP contribution in [0, 0.1) is 6.92 Å². The minimum absolute atomic E-state index is 0.0872. The number of ether oxygens (including phenoxy) is 1. The second-order valence-electron chi connectivity index (χ2n) is 3.84. The molecule has 19 heavy (non-hydrogen) atoms. The van der Waals surface area contributed by atoms with Crippen molar-refractivity contribution < 1.29 is 4.74 Å². The molecule has 0 radical (unpaired) electrons. The third kappa shape index (κ3) is 3.45. The number of nitrogens with two attached hydrogens (primary N) is 1. The Labute approximate surface area is 116 Å². The summed E-state index contributed by atoms with van der Waals surface area (Å²) >= 11 is 6.12. The third-order valence-electron chi connectivity index (χ3n) is 2.28. The monoisotopic (exact) mass is 279 g/mol. The molecule has 0 bridgehead atoms. The van der Waals surface area contributed by atoms with Crippen LogP contribution in [0.5, 0.6) is 6.01 Å². The smallest absolute Gasteiger partial charge is 0.323 e. The van der Waals surface area contributed by atoms with Gasteiger partial charge in [-0.3, -0.25) is 0 Å². The summed E-state index contributed by atoms with van der Waals surface area (Å²) in [5, 5.41) is 3.57. The van der Waals surface area contributed by atoms with Crippen LogP contribution in [0.4, 0.5) is 17.6 Å². The standard InChI is InChI=1S/C12H14ClN5O/c1-3-19-12-17-10(14)16-11(18-12)15-9-5-4-7(2)6-8(9)13/h4-6H,3H2,1-2H3,(H3,14,15,16,17,18). The van der Waals surface area contributed by atoms with Gasteiger partial charge in [0.15, 0.2) is 0 Å². The van der Waals surface area contributed by atoms with E-state index in [1.807, 2.05) is 32.0 Å². The molecule has 0 aliphatic heterocycles. The quantitative estimate of drug-likeness (QED) is 0.894. The van der Waals surface area contributed by atoms with Crippen molar-refractivity contribution in [2.24, 2.45) is 0 Å². The Kier molecular flexibility index (Phi) is 4.01. The predicted octanol–water partition coefficient (Wildman–Crippen LogP) is 2.56. The number of hydrogen-bond acceptors (Lipinski definition) is 6. The first-order valence-corrected chi connectivity index (χ1v) is 6.14. The molecule has 7 heteroatoms. The number of nitrogens with one attached hydrogen (secondary N) is 1. The number of rotatable bonds is 4. The molecule has 0 fully saturated rings. The van der Waals surface area contributed by atoms with Crippen LogP contribution in [0.25, 0.3) is 0 Å². The molecular formula is C12H14ClN5O. The van der Waals surface area contributed by atoms with Crippen LogP contribution in [0.15, 0.2) is 18.2 Å². The summed E-state index contributed by atoms with van der Waals surface area (Å²) in [6.45, 7) is 4.25. The fourth-order valence-corrected chi connectivity index (χ4v) is 1.75. The maximum atomic E-state index is 6.12. The summed E-state index contributed by atoms with van der Waals surface area (Å²) in [5.41, 5.74) is 7.36. The van der Waals surface area contributed by atoms with E-state index in [1.165, 1.54) is 0 Å². The van der Waals surface area contributed by atoms with Crippen molar-refractivity contribution in [3.8, 4) is 6.01 Å². The third-order valence-corrected chi connectivity index (χ3v) is 2.59. The van der Waals surface area contributed by atoms with Crippen molar-refractivity contribution in [1.29, 1.82) is 0 Å². The number of aromatic nitrogens is 3. The van der Waals surface area contributed by atoms with Crippen LogP contribution in [-0.2, 0) is 0 Å². The van der Waals surface area contributed by atoms with Crippen LogP contribution in [0.3, 0.4) is 0 Å². The number of halogens is 1. The zero-order valence-corrected chi connectivity index (χ0v) is 11.4. The normalized spacial score (nSPS) is 10.3. The molecule has 1 heterocycles. The van der Waals surface area contributed by atoms with E-state index in [2.05, 4.69) is 20.3 Å². The highest BCUT2D eigenvalue weighted by Gasteiger charge is 2.07. The number of anilines is 3. The molecule has 1 aromatic heterocycles. The Morgan fingerprint density at radius 3 is 2.79 bits per heavy atom. The molecule has 0 spiro atoms. The van der Waals surface area contributed by atoms with Crippen molar-refractivity contribution in [2.75, 3.05) is 17.7 Å². The lowest BCUT2D eigenvalue weighted by atomic mass is 10.2. The summed E-state index contributed by atoms with van der Waals surface area (Å²) in [5.74, 6) is 0.380. The number of aryl methyl sites for hydroxylation is 1. The van der Waals surface area contributed by atoms with Gasteiger partial charge in [-0.2, -0.15) is 15.0 Å². The highest BCUT2D eigenvalue weighted by molar-refractivity contribution is 6.33. The van der Waals surface area contributed by atoms with E-state index in [-0.39, 0.29) is 12.0 Å². The maximum absolute atomic E-state index is 6.12. The Hall–Kier alpha value is -2.08. The molecule has 100 valence electrons. The molecule has 2 aromatic rings. The molecule has 0 unspecified atom stereocenters. The number of hydrogen-bond donors (Lipinski definition) is 2. The van der Waals surface area contributed by atoms with E-state index in [4.69, 9.17) is 22.1 Å². The van der Waals surface area contributed by atoms with E-state index in [1.54, 1.807) is 0 Å². The average molecular weight is 280 g/mol. The zero-order chi connectivity index (χ0) is 13.8. The summed E-state index contributed by atoms with van der Waals surface area (Å²) in [6.07, 6.45) is 0. The number of nitrogen functional groups attached to an aromatic ring is 1. The van der Waals surface area contributed by atoms with Crippen molar-refractivity contribution in [1.82, 2.24) is 15.0 Å². The van der Waals surface area contributed by atoms with Gasteiger partial charge in [-0.1, -0.05) is 17.7 Å². The predicted molar refractivity (Wildman–Crippen MR) is 74.9 cm³/mol. The first-order chi connectivity index (χ1) is 9.08. The van der Waals surface area contributed by atoms with Gasteiger partial charge in [-0.25, -0.2) is 0 Å². The van der Waals surface area contributed by atoms with Crippen molar-refractivity contribution in [3.05, 3.63) is 28.8 Å². The second kappa shape index (κ2) is 5.71. The maximum Gasteiger partial charge on any atom is 0.323 e. The lowest BCUT2D eigenvalue weighted by Gasteiger charge is -2.09. The molecule has 0 amide bonds. The van der Waals surface area contributed by atoms with Crippen LogP contribution >= 0.6 is 11.6 Å². The van der Waals surface area contributed by atoms with Gasteiger partial charge >= 0.3 is 6.01 Å². The van der Waals surface area contributed by atoms with Gasteiger partial charge in [-0.05, 0) is 31.5 Å². The SMILES string of the molecule is CCOc1nc(N)nc(Nc2ccc(C)cc2Cl)n1. The molecule has 3 N–H and O–H groups in total. The van der Waals surface area contributed by atoms with Crippen LogP contribution < -0.4 is 15.8 Å². The lowest BCUT2D eigenvalue weighted by molar-refractivity contribution is 0.312. The lowest BCUT2D eigenvalue weighted by Crippen LogP contribution is -2.06. The highest BCUT2D eigenvalue weighted by Crippen LogP contribution is 2.25. The van der Waals surface area contributed by atoms with Gasteiger partial charge in [0.25, 0.3) is 0 Å². The molecule has 0 atom stereocenters. The van der Waals surface area contributed by atoms with E-state index < -0.39 is 0 Å². The fraction of sp³-hybridized carbons (Fsp3) is 0.250. The molecule has 0 aliphatic rings. The van der Waals surface area contributed by atoms with Gasteiger partial charge < -0.3 is 15.8 Å². The van der Waals surface area contributed by atoms with E-state index in [0.717, 1.165) is 5.56 Å². The highest BCUT2D eigenvalue weighted by atomic mass is 35.5. The molecule has 0 saturated heterocycles. The summed E-state index contributed by atoms with van der Waals surface area (Å²) in [6, 6.07) is 5.80. The Balaban J connectivity index is 2.27. The van der Waals surface area contributed by atoms with Crippen molar-refractivity contribution in [3.63, 3.8) is 0 Å². The average Bonchev–Trinajstić information content (AvgIpc) is 2.32. The minimum Gasteiger partial charge on any atom is -0.464 e. The molecule has 6 nitrogen and oxygen atoms in total. The Bertz CT molecular complexity index is 590. The van der Waals surface area contributed by atoms with Gasteiger partial charge in [-0.15, -0.1) is 0 Å². The zero-order valence-electron chi connectivity index (χ0n) is 10.6. The van der Waals surface area contributed by atoms with E-state index in [9.17, 15) is 0 Å².